The average Bonchev–Trinajstić information content (AvgIpc) is 3.02. The van der Waals surface area contributed by atoms with E-state index < -0.39 is 21.9 Å². The lowest BCUT2D eigenvalue weighted by Gasteiger charge is -2.36. The summed E-state index contributed by atoms with van der Waals surface area (Å²) in [5.74, 6) is -0.956. The number of hydrogen-bond donors (Lipinski definition) is 1. The maximum atomic E-state index is 13.9. The number of rotatable bonds is 5. The first-order valence-electron chi connectivity index (χ1n) is 9.16. The van der Waals surface area contributed by atoms with Gasteiger partial charge in [-0.2, -0.15) is 4.31 Å². The number of nitrogens with one attached hydrogen (secondary N) is 1. The normalized spacial score (nSPS) is 17.3. The summed E-state index contributed by atoms with van der Waals surface area (Å²) < 4.78 is 41.2. The van der Waals surface area contributed by atoms with Crippen molar-refractivity contribution in [3.05, 3.63) is 44.9 Å². The molecular formula is C19H23ClFN3O3S2. The maximum absolute atomic E-state index is 13.9. The van der Waals surface area contributed by atoms with Gasteiger partial charge < -0.3 is 5.32 Å². The number of aryl methyl sites for hydroxylation is 2. The van der Waals surface area contributed by atoms with E-state index in [2.05, 4.69) is 5.32 Å². The molecule has 3 rings (SSSR count). The zero-order valence-corrected chi connectivity index (χ0v) is 18.8. The van der Waals surface area contributed by atoms with Gasteiger partial charge in [-0.15, -0.1) is 11.3 Å². The largest absolute Gasteiger partial charge is 0.322 e. The topological polar surface area (TPSA) is 69.7 Å². The Morgan fingerprint density at radius 1 is 1.21 bits per heavy atom. The third-order valence-corrected chi connectivity index (χ3v) is 8.36. The molecule has 2 heterocycles. The van der Waals surface area contributed by atoms with E-state index in [0.29, 0.717) is 31.1 Å². The molecule has 1 unspecified atom stereocenters. The summed E-state index contributed by atoms with van der Waals surface area (Å²) >= 11 is 7.19. The highest BCUT2D eigenvalue weighted by Gasteiger charge is 2.33. The lowest BCUT2D eigenvalue weighted by atomic mass is 10.2. The molecule has 6 nitrogen and oxygen atoms in total. The molecule has 158 valence electrons. The van der Waals surface area contributed by atoms with Crippen LogP contribution in [-0.2, 0) is 14.8 Å². The number of thiophene rings is 1. The van der Waals surface area contributed by atoms with Crippen molar-refractivity contribution < 1.29 is 17.6 Å². The summed E-state index contributed by atoms with van der Waals surface area (Å²) in [5, 5.41) is 2.82. The summed E-state index contributed by atoms with van der Waals surface area (Å²) in [6, 6.07) is 5.23. The van der Waals surface area contributed by atoms with Crippen LogP contribution in [0.5, 0.6) is 0 Å². The van der Waals surface area contributed by atoms with Crippen molar-refractivity contribution in [1.29, 1.82) is 0 Å². The Bertz CT molecular complexity index is 1020. The maximum Gasteiger partial charge on any atom is 0.244 e. The zero-order chi connectivity index (χ0) is 21.3. The van der Waals surface area contributed by atoms with Gasteiger partial charge in [0.1, 0.15) is 5.82 Å². The Hall–Kier alpha value is -1.52. The molecular weight excluding hydrogens is 437 g/mol. The van der Waals surface area contributed by atoms with Crippen molar-refractivity contribution in [2.24, 2.45) is 0 Å². The number of nitrogens with zero attached hydrogens (tertiary/aromatic N) is 2. The molecule has 2 aromatic rings. The molecule has 1 aromatic heterocycles. The highest BCUT2D eigenvalue weighted by molar-refractivity contribution is 7.89. The van der Waals surface area contributed by atoms with Crippen LogP contribution in [0.15, 0.2) is 29.2 Å². The van der Waals surface area contributed by atoms with Crippen LogP contribution in [0.4, 0.5) is 10.1 Å². The van der Waals surface area contributed by atoms with Crippen LogP contribution >= 0.6 is 22.9 Å². The van der Waals surface area contributed by atoms with E-state index in [0.717, 1.165) is 15.8 Å². The fourth-order valence-corrected chi connectivity index (χ4v) is 6.43. The van der Waals surface area contributed by atoms with E-state index in [1.807, 2.05) is 18.7 Å². The predicted octanol–water partition coefficient (Wildman–Crippen LogP) is 3.49. The molecule has 1 aliphatic rings. The van der Waals surface area contributed by atoms with Crippen LogP contribution in [0.2, 0.25) is 5.02 Å². The number of benzene rings is 1. The smallest absolute Gasteiger partial charge is 0.244 e. The first-order valence-corrected chi connectivity index (χ1v) is 11.8. The second-order valence-corrected chi connectivity index (χ2v) is 10.8. The van der Waals surface area contributed by atoms with E-state index in [1.54, 1.807) is 13.0 Å². The molecule has 1 aliphatic heterocycles. The summed E-state index contributed by atoms with van der Waals surface area (Å²) in [7, 11) is -3.55. The summed E-state index contributed by atoms with van der Waals surface area (Å²) in [6.45, 7) is 6.84. The fraction of sp³-hybridized carbons (Fsp3) is 0.421. The third kappa shape index (κ3) is 4.80. The number of sulfonamides is 1. The van der Waals surface area contributed by atoms with Crippen molar-refractivity contribution in [2.75, 3.05) is 31.5 Å². The van der Waals surface area contributed by atoms with Gasteiger partial charge in [0, 0.05) is 41.0 Å². The standard InChI is InChI=1S/C19H23ClFN3O3S2/c1-12-10-18(14(3)28-12)29(26,27)24-8-6-23(7-9-24)13(2)19(25)22-17-5-4-15(20)11-16(17)21/h4-5,10-11,13H,6-9H2,1-3H3,(H,22,25). The Morgan fingerprint density at radius 2 is 1.86 bits per heavy atom. The second kappa shape index (κ2) is 8.69. The Morgan fingerprint density at radius 3 is 2.41 bits per heavy atom. The van der Waals surface area contributed by atoms with Crippen molar-refractivity contribution in [1.82, 2.24) is 9.21 Å². The molecule has 0 saturated carbocycles. The van der Waals surface area contributed by atoms with Gasteiger partial charge in [-0.25, -0.2) is 12.8 Å². The van der Waals surface area contributed by atoms with E-state index >= 15 is 0 Å². The molecule has 1 fully saturated rings. The Labute approximate surface area is 179 Å². The predicted molar refractivity (Wildman–Crippen MR) is 114 cm³/mol. The lowest BCUT2D eigenvalue weighted by molar-refractivity contribution is -0.121. The third-order valence-electron chi connectivity index (χ3n) is 5.00. The van der Waals surface area contributed by atoms with Crippen molar-refractivity contribution in [2.45, 2.75) is 31.7 Å². The molecule has 0 radical (unpaired) electrons. The van der Waals surface area contributed by atoms with Gasteiger partial charge >= 0.3 is 0 Å². The summed E-state index contributed by atoms with van der Waals surface area (Å²) in [6.07, 6.45) is 0. The number of piperazine rings is 1. The van der Waals surface area contributed by atoms with Crippen LogP contribution in [0.3, 0.4) is 0 Å². The molecule has 1 N–H and O–H groups in total. The number of carbonyl (C=O) groups excluding carboxylic acids is 1. The fourth-order valence-electron chi connectivity index (χ4n) is 3.33. The summed E-state index contributed by atoms with van der Waals surface area (Å²) in [5.41, 5.74) is 0.0655. The molecule has 0 aliphatic carbocycles. The van der Waals surface area contributed by atoms with Gasteiger partial charge in [-0.1, -0.05) is 11.6 Å². The van der Waals surface area contributed by atoms with Crippen LogP contribution in [0.25, 0.3) is 0 Å². The number of halogens is 2. The number of hydrogen-bond acceptors (Lipinski definition) is 5. The van der Waals surface area contributed by atoms with Crippen LogP contribution in [0, 0.1) is 19.7 Å². The summed E-state index contributed by atoms with van der Waals surface area (Å²) in [4.78, 5) is 16.5. The van der Waals surface area contributed by atoms with Gasteiger partial charge in [-0.05, 0) is 45.0 Å². The van der Waals surface area contributed by atoms with E-state index in [9.17, 15) is 17.6 Å². The molecule has 1 aromatic carbocycles. The molecule has 10 heteroatoms. The van der Waals surface area contributed by atoms with Gasteiger partial charge in [0.15, 0.2) is 0 Å². The highest BCUT2D eigenvalue weighted by atomic mass is 35.5. The van der Waals surface area contributed by atoms with Crippen LogP contribution < -0.4 is 5.32 Å². The zero-order valence-electron chi connectivity index (χ0n) is 16.4. The van der Waals surface area contributed by atoms with Gasteiger partial charge in [-0.3, -0.25) is 9.69 Å². The number of anilines is 1. The number of amides is 1. The minimum Gasteiger partial charge on any atom is -0.322 e. The SMILES string of the molecule is Cc1cc(S(=O)(=O)N2CCN(C(C)C(=O)Nc3ccc(Cl)cc3F)CC2)c(C)s1. The van der Waals surface area contributed by atoms with Crippen LogP contribution in [0.1, 0.15) is 16.7 Å². The van der Waals surface area contributed by atoms with Gasteiger partial charge in [0.25, 0.3) is 0 Å². The molecule has 0 bridgehead atoms. The molecule has 1 saturated heterocycles. The first kappa shape index (κ1) is 22.2. The van der Waals surface area contributed by atoms with E-state index in [4.69, 9.17) is 11.6 Å². The minimum absolute atomic E-state index is 0.0655. The first-order chi connectivity index (χ1) is 13.6. The molecule has 0 spiro atoms. The van der Waals surface area contributed by atoms with E-state index in [-0.39, 0.29) is 16.6 Å². The number of carbonyl (C=O) groups is 1. The second-order valence-electron chi connectivity index (χ2n) is 7.01. The monoisotopic (exact) mass is 459 g/mol. The lowest BCUT2D eigenvalue weighted by Crippen LogP contribution is -2.53. The van der Waals surface area contributed by atoms with Crippen molar-refractivity contribution in [3.63, 3.8) is 0 Å². The quantitative estimate of drug-likeness (QED) is 0.743. The molecule has 1 amide bonds. The van der Waals surface area contributed by atoms with Crippen LogP contribution in [-0.4, -0.2) is 55.8 Å². The van der Waals surface area contributed by atoms with Gasteiger partial charge in [0.2, 0.25) is 15.9 Å². The molecule has 1 atom stereocenters. The van der Waals surface area contributed by atoms with Crippen molar-refractivity contribution in [3.8, 4) is 0 Å². The average molecular weight is 460 g/mol. The minimum atomic E-state index is -3.55. The molecule has 29 heavy (non-hydrogen) atoms. The Balaban J connectivity index is 1.62. The van der Waals surface area contributed by atoms with Crippen molar-refractivity contribution >= 4 is 44.6 Å². The Kier molecular flexibility index (Phi) is 6.64. The van der Waals surface area contributed by atoms with Gasteiger partial charge in [0.05, 0.1) is 16.6 Å². The highest BCUT2D eigenvalue weighted by Crippen LogP contribution is 2.28. The van der Waals surface area contributed by atoms with E-state index in [1.165, 1.54) is 27.8 Å².